The van der Waals surface area contributed by atoms with Gasteiger partial charge in [-0.15, -0.1) is 0 Å². The van der Waals surface area contributed by atoms with Crippen LogP contribution in [0.15, 0.2) is 0 Å². The number of hydrogen-bond acceptors (Lipinski definition) is 3. The first-order valence-electron chi connectivity index (χ1n) is 6.85. The van der Waals surface area contributed by atoms with Crippen LogP contribution in [0, 0.1) is 5.41 Å². The number of hydrogen-bond donors (Lipinski definition) is 1. The van der Waals surface area contributed by atoms with Gasteiger partial charge < -0.3 is 10.2 Å². The van der Waals surface area contributed by atoms with Crippen LogP contribution >= 0.6 is 0 Å². The van der Waals surface area contributed by atoms with E-state index < -0.39 is 0 Å². The minimum absolute atomic E-state index is 0.270. The van der Waals surface area contributed by atoms with E-state index in [1.165, 1.54) is 26.2 Å². The summed E-state index contributed by atoms with van der Waals surface area (Å²) in [5.41, 5.74) is 0.644. The monoisotopic (exact) mass is 241 g/mol. The summed E-state index contributed by atoms with van der Waals surface area (Å²) in [6.45, 7) is 18.5. The van der Waals surface area contributed by atoms with Crippen molar-refractivity contribution >= 4 is 0 Å². The van der Waals surface area contributed by atoms with Gasteiger partial charge in [-0.1, -0.05) is 20.8 Å². The fourth-order valence-electron chi connectivity index (χ4n) is 2.27. The van der Waals surface area contributed by atoms with E-state index in [0.29, 0.717) is 5.41 Å². The predicted molar refractivity (Wildman–Crippen MR) is 75.5 cm³/mol. The summed E-state index contributed by atoms with van der Waals surface area (Å²) in [4.78, 5) is 5.03. The summed E-state index contributed by atoms with van der Waals surface area (Å²) >= 11 is 0. The summed E-state index contributed by atoms with van der Waals surface area (Å²) in [5.74, 6) is 0. The molecular formula is C14H31N3. The van der Waals surface area contributed by atoms with Crippen molar-refractivity contribution in [2.45, 2.75) is 40.2 Å². The molecule has 1 fully saturated rings. The molecular weight excluding hydrogens is 210 g/mol. The first-order chi connectivity index (χ1) is 7.71. The lowest BCUT2D eigenvalue weighted by Gasteiger charge is -2.43. The first kappa shape index (κ1) is 14.9. The van der Waals surface area contributed by atoms with Crippen LogP contribution in [0.4, 0.5) is 0 Å². The molecule has 3 nitrogen and oxygen atoms in total. The summed E-state index contributed by atoms with van der Waals surface area (Å²) in [6, 6.07) is 0. The van der Waals surface area contributed by atoms with Crippen LogP contribution in [0.2, 0.25) is 0 Å². The van der Waals surface area contributed by atoms with Crippen molar-refractivity contribution in [1.82, 2.24) is 15.1 Å². The lowest BCUT2D eigenvalue weighted by Crippen LogP contribution is -2.57. The van der Waals surface area contributed by atoms with Gasteiger partial charge in [0.05, 0.1) is 0 Å². The van der Waals surface area contributed by atoms with E-state index in [2.05, 4.69) is 56.8 Å². The number of likely N-dealkylation sites (N-methyl/N-ethyl adjacent to an activating group) is 1. The molecule has 17 heavy (non-hydrogen) atoms. The van der Waals surface area contributed by atoms with Gasteiger partial charge in [0.2, 0.25) is 0 Å². The number of rotatable bonds is 4. The Kier molecular flexibility index (Phi) is 4.99. The Morgan fingerprint density at radius 2 is 1.41 bits per heavy atom. The zero-order chi connectivity index (χ0) is 13.1. The highest BCUT2D eigenvalue weighted by molar-refractivity contribution is 4.87. The number of nitrogens with one attached hydrogen (secondary N) is 1. The molecule has 1 aliphatic heterocycles. The van der Waals surface area contributed by atoms with Crippen molar-refractivity contribution in [3.63, 3.8) is 0 Å². The molecule has 0 aliphatic carbocycles. The molecule has 1 rings (SSSR count). The summed E-state index contributed by atoms with van der Waals surface area (Å²) in [6.07, 6.45) is 0. The zero-order valence-electron chi connectivity index (χ0n) is 12.6. The smallest absolute Gasteiger partial charge is 0.0278 e. The van der Waals surface area contributed by atoms with E-state index in [1.54, 1.807) is 0 Å². The van der Waals surface area contributed by atoms with Crippen molar-refractivity contribution in [1.29, 1.82) is 0 Å². The first-order valence-corrected chi connectivity index (χ1v) is 6.85. The SMILES string of the molecule is CN1CCN(C(C)(C)CNCC(C)(C)C)CC1. The van der Waals surface area contributed by atoms with Crippen molar-refractivity contribution in [2.24, 2.45) is 5.41 Å². The van der Waals surface area contributed by atoms with Gasteiger partial charge in [0.1, 0.15) is 0 Å². The molecule has 0 atom stereocenters. The van der Waals surface area contributed by atoms with E-state index in [4.69, 9.17) is 0 Å². The van der Waals surface area contributed by atoms with Crippen LogP contribution in [0.5, 0.6) is 0 Å². The average molecular weight is 241 g/mol. The van der Waals surface area contributed by atoms with Crippen molar-refractivity contribution in [3.8, 4) is 0 Å². The third-order valence-corrected chi connectivity index (χ3v) is 3.57. The molecule has 1 N–H and O–H groups in total. The second-order valence-electron chi connectivity index (χ2n) is 7.27. The van der Waals surface area contributed by atoms with E-state index in [9.17, 15) is 0 Å². The van der Waals surface area contributed by atoms with Gasteiger partial charge in [0.15, 0.2) is 0 Å². The minimum Gasteiger partial charge on any atom is -0.314 e. The van der Waals surface area contributed by atoms with E-state index in [0.717, 1.165) is 13.1 Å². The summed E-state index contributed by atoms with van der Waals surface area (Å²) in [7, 11) is 2.21. The van der Waals surface area contributed by atoms with Gasteiger partial charge in [-0.2, -0.15) is 0 Å². The maximum atomic E-state index is 3.62. The van der Waals surface area contributed by atoms with Crippen LogP contribution in [0.25, 0.3) is 0 Å². The molecule has 3 heteroatoms. The van der Waals surface area contributed by atoms with Gasteiger partial charge in [-0.3, -0.25) is 4.90 Å². The molecule has 0 spiro atoms. The predicted octanol–water partition coefficient (Wildman–Crippen LogP) is 1.65. The Morgan fingerprint density at radius 3 is 1.88 bits per heavy atom. The molecule has 102 valence electrons. The molecule has 0 unspecified atom stereocenters. The van der Waals surface area contributed by atoms with E-state index in [1.807, 2.05) is 0 Å². The van der Waals surface area contributed by atoms with Crippen LogP contribution in [-0.4, -0.2) is 61.7 Å². The van der Waals surface area contributed by atoms with Gasteiger partial charge in [-0.05, 0) is 26.3 Å². The normalized spacial score (nSPS) is 20.8. The molecule has 0 aromatic heterocycles. The number of piperazine rings is 1. The molecule has 0 bridgehead atoms. The average Bonchev–Trinajstić information content (AvgIpc) is 2.15. The van der Waals surface area contributed by atoms with E-state index in [-0.39, 0.29) is 5.54 Å². The molecule has 0 saturated carbocycles. The third kappa shape index (κ3) is 5.36. The van der Waals surface area contributed by atoms with Gasteiger partial charge >= 0.3 is 0 Å². The Bertz CT molecular complexity index is 222. The number of nitrogens with zero attached hydrogens (tertiary/aromatic N) is 2. The van der Waals surface area contributed by atoms with Gasteiger partial charge in [0, 0.05) is 44.8 Å². The van der Waals surface area contributed by atoms with Crippen molar-refractivity contribution in [3.05, 3.63) is 0 Å². The molecule has 1 saturated heterocycles. The zero-order valence-corrected chi connectivity index (χ0v) is 12.6. The fraction of sp³-hybridized carbons (Fsp3) is 1.00. The Morgan fingerprint density at radius 1 is 0.882 bits per heavy atom. The quantitative estimate of drug-likeness (QED) is 0.807. The highest BCUT2D eigenvalue weighted by Crippen LogP contribution is 2.17. The Hall–Kier alpha value is -0.120. The van der Waals surface area contributed by atoms with Crippen LogP contribution in [-0.2, 0) is 0 Å². The Labute approximate surface area is 108 Å². The molecule has 0 amide bonds. The summed E-state index contributed by atoms with van der Waals surface area (Å²) < 4.78 is 0. The van der Waals surface area contributed by atoms with Gasteiger partial charge in [0.25, 0.3) is 0 Å². The highest BCUT2D eigenvalue weighted by atomic mass is 15.3. The van der Waals surface area contributed by atoms with E-state index >= 15 is 0 Å². The van der Waals surface area contributed by atoms with Crippen LogP contribution < -0.4 is 5.32 Å². The molecule has 0 aromatic carbocycles. The highest BCUT2D eigenvalue weighted by Gasteiger charge is 2.28. The largest absolute Gasteiger partial charge is 0.314 e. The van der Waals surface area contributed by atoms with Crippen LogP contribution in [0.1, 0.15) is 34.6 Å². The second-order valence-corrected chi connectivity index (χ2v) is 7.27. The molecule has 0 radical (unpaired) electrons. The molecule has 0 aromatic rings. The maximum Gasteiger partial charge on any atom is 0.0278 e. The summed E-state index contributed by atoms with van der Waals surface area (Å²) in [5, 5.41) is 3.62. The standard InChI is InChI=1S/C14H31N3/c1-13(2,3)11-15-12-14(4,5)17-9-7-16(6)8-10-17/h15H,7-12H2,1-6H3. The van der Waals surface area contributed by atoms with Crippen molar-refractivity contribution in [2.75, 3.05) is 46.3 Å². The minimum atomic E-state index is 0.270. The molecule has 1 heterocycles. The van der Waals surface area contributed by atoms with Gasteiger partial charge in [-0.25, -0.2) is 0 Å². The second kappa shape index (κ2) is 5.68. The fourth-order valence-corrected chi connectivity index (χ4v) is 2.27. The maximum absolute atomic E-state index is 3.62. The molecule has 1 aliphatic rings. The lowest BCUT2D eigenvalue weighted by atomic mass is 9.95. The van der Waals surface area contributed by atoms with Crippen molar-refractivity contribution < 1.29 is 0 Å². The third-order valence-electron chi connectivity index (χ3n) is 3.57. The lowest BCUT2D eigenvalue weighted by molar-refractivity contribution is 0.0607. The topological polar surface area (TPSA) is 18.5 Å². The van der Waals surface area contributed by atoms with Crippen LogP contribution in [0.3, 0.4) is 0 Å². The Balaban J connectivity index is 2.35.